The Morgan fingerprint density at radius 3 is 2.59 bits per heavy atom. The average Bonchev–Trinajstić information content (AvgIpc) is 3.19. The van der Waals surface area contributed by atoms with Gasteiger partial charge in [0.05, 0.1) is 37.3 Å². The number of carboxylic acid groups (broad SMARTS) is 1. The van der Waals surface area contributed by atoms with Gasteiger partial charge in [-0.05, 0) is 101 Å². The van der Waals surface area contributed by atoms with Crippen LogP contribution in [0.2, 0.25) is 10.0 Å². The number of ether oxygens (including phenoxy) is 2. The van der Waals surface area contributed by atoms with Gasteiger partial charge < -0.3 is 14.6 Å². The number of thioether (sulfide) groups is 1. The smallest absolute Gasteiger partial charge is 0.335 e. The first-order valence-electron chi connectivity index (χ1n) is 11.9. The number of benzene rings is 3. The average molecular weight is 650 g/mol. The molecule has 0 atom stereocenters. The highest BCUT2D eigenvalue weighted by atomic mass is 79.9. The van der Waals surface area contributed by atoms with Crippen LogP contribution >= 0.6 is 50.9 Å². The van der Waals surface area contributed by atoms with Gasteiger partial charge in [-0.1, -0.05) is 35.3 Å². The summed E-state index contributed by atoms with van der Waals surface area (Å²) in [5.74, 6) is -0.197. The summed E-state index contributed by atoms with van der Waals surface area (Å²) in [6.45, 7) is 4.81. The molecule has 1 aliphatic heterocycles. The van der Waals surface area contributed by atoms with Crippen LogP contribution in [0.15, 0.2) is 69.0 Å². The molecule has 0 bridgehead atoms. The van der Waals surface area contributed by atoms with Gasteiger partial charge >= 0.3 is 5.97 Å². The fraction of sp³-hybridized carbons (Fsp3) is 0.179. The van der Waals surface area contributed by atoms with Crippen LogP contribution in [0.1, 0.15) is 35.3 Å². The van der Waals surface area contributed by atoms with Crippen LogP contribution in [0.25, 0.3) is 6.08 Å². The van der Waals surface area contributed by atoms with Crippen molar-refractivity contribution >= 4 is 79.7 Å². The second kappa shape index (κ2) is 12.9. The topological polar surface area (TPSA) is 88.4 Å². The second-order valence-electron chi connectivity index (χ2n) is 8.21. The fourth-order valence-corrected chi connectivity index (χ4v) is 5.66. The Hall–Kier alpha value is -2.98. The number of amidine groups is 1. The van der Waals surface area contributed by atoms with Crippen LogP contribution in [0, 0.1) is 0 Å². The zero-order chi connectivity index (χ0) is 28.1. The SMILES string of the molecule is CCOc1cc(/C=C2\SC(=Nc3cccc(C(=O)O)c3)N(CC)C2=O)cc(Br)c1OCc1ccc(Cl)c(Cl)c1. The summed E-state index contributed by atoms with van der Waals surface area (Å²) in [6.07, 6.45) is 1.77. The first kappa shape index (κ1) is 29.0. The van der Waals surface area contributed by atoms with E-state index in [1.54, 1.807) is 41.3 Å². The van der Waals surface area contributed by atoms with E-state index >= 15 is 0 Å². The van der Waals surface area contributed by atoms with Gasteiger partial charge in [0.2, 0.25) is 0 Å². The number of likely N-dealkylation sites (N-methyl/N-ethyl adjacent to an activating group) is 1. The van der Waals surface area contributed by atoms with E-state index < -0.39 is 5.97 Å². The highest BCUT2D eigenvalue weighted by Gasteiger charge is 2.32. The molecule has 1 saturated heterocycles. The first-order chi connectivity index (χ1) is 18.7. The number of carbonyl (C=O) groups excluding carboxylic acids is 1. The van der Waals surface area contributed by atoms with E-state index in [9.17, 15) is 14.7 Å². The van der Waals surface area contributed by atoms with E-state index in [0.717, 1.165) is 11.1 Å². The number of amides is 1. The Bertz CT molecular complexity index is 1490. The lowest BCUT2D eigenvalue weighted by molar-refractivity contribution is -0.122. The lowest BCUT2D eigenvalue weighted by Crippen LogP contribution is -2.28. The van der Waals surface area contributed by atoms with Crippen LogP contribution in [0.4, 0.5) is 5.69 Å². The van der Waals surface area contributed by atoms with E-state index in [0.29, 0.717) is 54.9 Å². The van der Waals surface area contributed by atoms with Gasteiger partial charge in [-0.3, -0.25) is 9.69 Å². The third kappa shape index (κ3) is 6.97. The first-order valence-corrected chi connectivity index (χ1v) is 14.2. The molecule has 0 unspecified atom stereocenters. The second-order valence-corrected chi connectivity index (χ2v) is 10.9. The molecule has 0 radical (unpaired) electrons. The summed E-state index contributed by atoms with van der Waals surface area (Å²) < 4.78 is 12.6. The molecule has 0 spiro atoms. The maximum atomic E-state index is 13.2. The summed E-state index contributed by atoms with van der Waals surface area (Å²) in [7, 11) is 0. The number of halogens is 3. The van der Waals surface area contributed by atoms with Crippen molar-refractivity contribution in [2.24, 2.45) is 4.99 Å². The summed E-state index contributed by atoms with van der Waals surface area (Å²) in [4.78, 5) is 31.1. The molecule has 1 fully saturated rings. The third-order valence-electron chi connectivity index (χ3n) is 5.52. The summed E-state index contributed by atoms with van der Waals surface area (Å²) in [5.41, 5.74) is 2.15. The minimum absolute atomic E-state index is 0.125. The third-order valence-corrected chi connectivity index (χ3v) is 7.85. The van der Waals surface area contributed by atoms with E-state index in [2.05, 4.69) is 20.9 Å². The predicted molar refractivity (Wildman–Crippen MR) is 160 cm³/mol. The molecule has 4 rings (SSSR count). The Morgan fingerprint density at radius 1 is 1.10 bits per heavy atom. The van der Waals surface area contributed by atoms with E-state index in [1.165, 1.54) is 23.9 Å². The molecule has 0 saturated carbocycles. The highest BCUT2D eigenvalue weighted by Crippen LogP contribution is 2.40. The van der Waals surface area contributed by atoms with Crippen LogP contribution < -0.4 is 9.47 Å². The minimum atomic E-state index is -1.04. The Labute approximate surface area is 248 Å². The van der Waals surface area contributed by atoms with Crippen molar-refractivity contribution < 1.29 is 24.2 Å². The van der Waals surface area contributed by atoms with Gasteiger partial charge in [0.25, 0.3) is 5.91 Å². The van der Waals surface area contributed by atoms with Gasteiger partial charge in [0.1, 0.15) is 6.61 Å². The maximum Gasteiger partial charge on any atom is 0.335 e. The fourth-order valence-electron chi connectivity index (χ4n) is 3.70. The molecular formula is C28H23BrCl2N2O5S. The van der Waals surface area contributed by atoms with Gasteiger partial charge in [-0.25, -0.2) is 9.79 Å². The van der Waals surface area contributed by atoms with Crippen molar-refractivity contribution in [1.29, 1.82) is 0 Å². The normalized spacial score (nSPS) is 15.3. The molecular weight excluding hydrogens is 627 g/mol. The van der Waals surface area contributed by atoms with Crippen molar-refractivity contribution in [2.45, 2.75) is 20.5 Å². The molecule has 1 amide bonds. The molecule has 0 aliphatic carbocycles. The highest BCUT2D eigenvalue weighted by molar-refractivity contribution is 9.10. The van der Waals surface area contributed by atoms with Gasteiger partial charge in [0.15, 0.2) is 16.7 Å². The van der Waals surface area contributed by atoms with E-state index in [4.69, 9.17) is 32.7 Å². The molecule has 39 heavy (non-hydrogen) atoms. The molecule has 11 heteroatoms. The van der Waals surface area contributed by atoms with Crippen LogP contribution in [0.3, 0.4) is 0 Å². The molecule has 3 aromatic rings. The maximum absolute atomic E-state index is 13.2. The zero-order valence-electron chi connectivity index (χ0n) is 20.9. The van der Waals surface area contributed by atoms with E-state index in [-0.39, 0.29) is 18.1 Å². The van der Waals surface area contributed by atoms with Gasteiger partial charge in [0, 0.05) is 6.54 Å². The Kier molecular flexibility index (Phi) is 9.61. The van der Waals surface area contributed by atoms with Crippen LogP contribution in [0.5, 0.6) is 11.5 Å². The number of aromatic carboxylic acids is 1. The van der Waals surface area contributed by atoms with Crippen LogP contribution in [-0.4, -0.2) is 40.2 Å². The number of hydrogen-bond acceptors (Lipinski definition) is 6. The molecule has 7 nitrogen and oxygen atoms in total. The number of aliphatic imine (C=N–C) groups is 1. The number of nitrogens with zero attached hydrogens (tertiary/aromatic N) is 2. The molecule has 202 valence electrons. The van der Waals surface area contributed by atoms with Crippen LogP contribution in [-0.2, 0) is 11.4 Å². The number of carbonyl (C=O) groups is 2. The number of carboxylic acids is 1. The summed E-state index contributed by atoms with van der Waals surface area (Å²) in [6, 6.07) is 15.2. The van der Waals surface area contributed by atoms with Crippen molar-refractivity contribution in [1.82, 2.24) is 4.90 Å². The molecule has 1 N–H and O–H groups in total. The van der Waals surface area contributed by atoms with Gasteiger partial charge in [-0.2, -0.15) is 0 Å². The zero-order valence-corrected chi connectivity index (χ0v) is 24.8. The van der Waals surface area contributed by atoms with E-state index in [1.807, 2.05) is 26.0 Å². The predicted octanol–water partition coefficient (Wildman–Crippen LogP) is 8.06. The summed E-state index contributed by atoms with van der Waals surface area (Å²) >= 11 is 16.9. The molecule has 3 aromatic carbocycles. The van der Waals surface area contributed by atoms with Crippen molar-refractivity contribution in [3.05, 3.63) is 90.7 Å². The minimum Gasteiger partial charge on any atom is -0.490 e. The van der Waals surface area contributed by atoms with Crippen molar-refractivity contribution in [3.8, 4) is 11.5 Å². The number of hydrogen-bond donors (Lipinski definition) is 1. The van der Waals surface area contributed by atoms with Gasteiger partial charge in [-0.15, -0.1) is 0 Å². The lowest BCUT2D eigenvalue weighted by atomic mass is 10.1. The molecule has 0 aromatic heterocycles. The quantitative estimate of drug-likeness (QED) is 0.236. The Balaban J connectivity index is 1.61. The largest absolute Gasteiger partial charge is 0.490 e. The summed E-state index contributed by atoms with van der Waals surface area (Å²) in [5, 5.41) is 10.7. The lowest BCUT2D eigenvalue weighted by Gasteiger charge is -2.15. The molecule has 1 aliphatic rings. The molecule has 1 heterocycles. The van der Waals surface area contributed by atoms with Crippen molar-refractivity contribution in [3.63, 3.8) is 0 Å². The Morgan fingerprint density at radius 2 is 1.90 bits per heavy atom. The number of rotatable bonds is 9. The monoisotopic (exact) mass is 648 g/mol. The van der Waals surface area contributed by atoms with Crippen molar-refractivity contribution in [2.75, 3.05) is 13.2 Å². The standard InChI is InChI=1S/C28H23BrCl2N2O5S/c1-3-33-26(34)24(39-28(33)32-19-7-5-6-18(14-19)27(35)36)13-17-10-20(29)25(23(12-17)37-4-2)38-15-16-8-9-21(30)22(31)11-16/h5-14H,3-4,15H2,1-2H3,(H,35,36)/b24-13-,32-28?.